The van der Waals surface area contributed by atoms with Crippen LogP contribution in [0.25, 0.3) is 44.5 Å². The van der Waals surface area contributed by atoms with Crippen molar-refractivity contribution >= 4 is 34.1 Å². The summed E-state index contributed by atoms with van der Waals surface area (Å²) in [6, 6.07) is 84.7. The summed E-state index contributed by atoms with van der Waals surface area (Å²) in [5.74, 6) is 0. The Morgan fingerprint density at radius 3 is 0.667 bits per heavy atom. The van der Waals surface area contributed by atoms with Crippen LogP contribution < -0.4 is 9.80 Å². The van der Waals surface area contributed by atoms with Gasteiger partial charge in [-0.3, -0.25) is 0 Å². The molecular weight excluding hydrogens is 689 g/mol. The van der Waals surface area contributed by atoms with Crippen molar-refractivity contribution in [2.75, 3.05) is 9.80 Å². The van der Waals surface area contributed by atoms with E-state index < -0.39 is 0 Å². The Morgan fingerprint density at radius 2 is 0.386 bits per heavy atom. The Balaban J connectivity index is 0.949. The molecule has 0 heterocycles. The Morgan fingerprint density at radius 1 is 0.193 bits per heavy atom. The van der Waals surface area contributed by atoms with Crippen LogP contribution in [0.4, 0.5) is 34.1 Å². The minimum absolute atomic E-state index is 1.11. The van der Waals surface area contributed by atoms with Crippen molar-refractivity contribution in [2.24, 2.45) is 0 Å². The van der Waals surface area contributed by atoms with Crippen molar-refractivity contribution in [2.45, 2.75) is 6.92 Å². The highest BCUT2D eigenvalue weighted by Gasteiger charge is 2.15. The van der Waals surface area contributed by atoms with E-state index in [2.05, 4.69) is 253 Å². The molecule has 0 fully saturated rings. The molecule has 0 radical (unpaired) electrons. The zero-order chi connectivity index (χ0) is 38.4. The van der Waals surface area contributed by atoms with E-state index in [1.807, 2.05) is 0 Å². The quantitative estimate of drug-likeness (QED) is 0.138. The van der Waals surface area contributed by atoms with Gasteiger partial charge in [-0.05, 0) is 124 Å². The van der Waals surface area contributed by atoms with Crippen molar-refractivity contribution in [3.05, 3.63) is 242 Å². The van der Waals surface area contributed by atoms with Crippen LogP contribution in [0.3, 0.4) is 0 Å². The third-order valence-electron chi connectivity index (χ3n) is 10.6. The van der Waals surface area contributed by atoms with Crippen molar-refractivity contribution in [1.29, 1.82) is 0 Å². The summed E-state index contributed by atoms with van der Waals surface area (Å²) < 4.78 is 0. The van der Waals surface area contributed by atoms with Crippen molar-refractivity contribution < 1.29 is 0 Å². The summed E-state index contributed by atoms with van der Waals surface area (Å²) in [7, 11) is 0. The van der Waals surface area contributed by atoms with Gasteiger partial charge >= 0.3 is 0 Å². The molecule has 0 amide bonds. The average molecular weight is 731 g/mol. The van der Waals surface area contributed by atoms with Gasteiger partial charge in [0.05, 0.1) is 0 Å². The van der Waals surface area contributed by atoms with Gasteiger partial charge in [-0.25, -0.2) is 0 Å². The van der Waals surface area contributed by atoms with Crippen LogP contribution in [0, 0.1) is 6.92 Å². The number of para-hydroxylation sites is 1. The molecule has 272 valence electrons. The first-order valence-corrected chi connectivity index (χ1v) is 19.5. The van der Waals surface area contributed by atoms with Gasteiger partial charge in [0.25, 0.3) is 0 Å². The van der Waals surface area contributed by atoms with Gasteiger partial charge < -0.3 is 9.80 Å². The lowest BCUT2D eigenvalue weighted by Gasteiger charge is -2.26. The third-order valence-corrected chi connectivity index (χ3v) is 10.6. The van der Waals surface area contributed by atoms with Crippen LogP contribution in [0.15, 0.2) is 237 Å². The summed E-state index contributed by atoms with van der Waals surface area (Å²) >= 11 is 0. The molecule has 0 aliphatic carbocycles. The first-order chi connectivity index (χ1) is 28.2. The molecule has 0 aliphatic heterocycles. The van der Waals surface area contributed by atoms with E-state index in [0.29, 0.717) is 0 Å². The van der Waals surface area contributed by atoms with Gasteiger partial charge in [-0.2, -0.15) is 0 Å². The molecule has 9 rings (SSSR count). The molecule has 9 aromatic rings. The molecule has 0 aliphatic rings. The average Bonchev–Trinajstić information content (AvgIpc) is 3.29. The summed E-state index contributed by atoms with van der Waals surface area (Å²) in [6.07, 6.45) is 0. The smallest absolute Gasteiger partial charge is 0.0462 e. The summed E-state index contributed by atoms with van der Waals surface area (Å²) in [4.78, 5) is 4.63. The van der Waals surface area contributed by atoms with Crippen LogP contribution in [0.2, 0.25) is 0 Å². The first-order valence-electron chi connectivity index (χ1n) is 19.5. The number of aryl methyl sites for hydroxylation is 1. The van der Waals surface area contributed by atoms with E-state index in [9.17, 15) is 0 Å². The highest BCUT2D eigenvalue weighted by atomic mass is 15.1. The lowest BCUT2D eigenvalue weighted by atomic mass is 9.99. The highest BCUT2D eigenvalue weighted by Crippen LogP contribution is 2.39. The van der Waals surface area contributed by atoms with Gasteiger partial charge in [-0.1, -0.05) is 169 Å². The van der Waals surface area contributed by atoms with E-state index in [1.165, 1.54) is 50.1 Å². The lowest BCUT2D eigenvalue weighted by Crippen LogP contribution is -2.09. The van der Waals surface area contributed by atoms with Crippen LogP contribution in [-0.4, -0.2) is 0 Å². The maximum atomic E-state index is 2.32. The predicted molar refractivity (Wildman–Crippen MR) is 242 cm³/mol. The fourth-order valence-electron chi connectivity index (χ4n) is 7.49. The van der Waals surface area contributed by atoms with E-state index >= 15 is 0 Å². The standard InChI is InChI=1S/C55H42N2/c1-41-17-31-51(32-18-41)57(54-35-25-47(26-36-54)43-13-7-3-8-14-43)55-39-29-49(30-40-55)45-21-19-44(20-22-45)48-27-37-53(38-28-48)56(50-15-9-4-10-16-50)52-33-23-46(24-34-52)42-11-5-2-6-12-42/h2-40H,1H3. The zero-order valence-electron chi connectivity index (χ0n) is 31.9. The molecular formula is C55H42N2. The largest absolute Gasteiger partial charge is 0.311 e. The van der Waals surface area contributed by atoms with Gasteiger partial charge in [0.2, 0.25) is 0 Å². The normalized spacial score (nSPS) is 10.9. The molecule has 0 atom stereocenters. The molecule has 0 N–H and O–H groups in total. The molecule has 2 heteroatoms. The fraction of sp³-hybridized carbons (Fsp3) is 0.0182. The number of anilines is 6. The second-order valence-electron chi connectivity index (χ2n) is 14.3. The number of nitrogens with zero attached hydrogens (tertiary/aromatic N) is 2. The maximum absolute atomic E-state index is 2.32. The molecule has 0 saturated heterocycles. The van der Waals surface area contributed by atoms with Crippen molar-refractivity contribution in [3.8, 4) is 44.5 Å². The molecule has 0 aromatic heterocycles. The van der Waals surface area contributed by atoms with Gasteiger partial charge in [0.15, 0.2) is 0 Å². The van der Waals surface area contributed by atoms with E-state index in [0.717, 1.165) is 34.1 Å². The van der Waals surface area contributed by atoms with E-state index in [1.54, 1.807) is 0 Å². The van der Waals surface area contributed by atoms with Crippen molar-refractivity contribution in [1.82, 2.24) is 0 Å². The summed E-state index contributed by atoms with van der Waals surface area (Å²) in [5, 5.41) is 0. The molecule has 0 unspecified atom stereocenters. The highest BCUT2D eigenvalue weighted by molar-refractivity contribution is 5.82. The predicted octanol–water partition coefficient (Wildman–Crippen LogP) is 15.6. The number of hydrogen-bond acceptors (Lipinski definition) is 2. The number of hydrogen-bond donors (Lipinski definition) is 0. The van der Waals surface area contributed by atoms with Gasteiger partial charge in [0.1, 0.15) is 0 Å². The van der Waals surface area contributed by atoms with Gasteiger partial charge in [0, 0.05) is 34.1 Å². The number of rotatable bonds is 10. The maximum Gasteiger partial charge on any atom is 0.0462 e. The zero-order valence-corrected chi connectivity index (χ0v) is 31.9. The van der Waals surface area contributed by atoms with Crippen LogP contribution in [0.1, 0.15) is 5.56 Å². The third kappa shape index (κ3) is 7.76. The van der Waals surface area contributed by atoms with E-state index in [4.69, 9.17) is 0 Å². The topological polar surface area (TPSA) is 6.48 Å². The summed E-state index contributed by atoms with van der Waals surface area (Å²) in [6.45, 7) is 2.13. The monoisotopic (exact) mass is 730 g/mol. The molecule has 57 heavy (non-hydrogen) atoms. The van der Waals surface area contributed by atoms with Crippen molar-refractivity contribution in [3.63, 3.8) is 0 Å². The molecule has 0 saturated carbocycles. The SMILES string of the molecule is Cc1ccc(N(c2ccc(-c3ccccc3)cc2)c2ccc(-c3ccc(-c4ccc(N(c5ccccc5)c5ccc(-c6ccccc6)cc5)cc4)cc3)cc2)cc1. The Kier molecular flexibility index (Phi) is 9.99. The summed E-state index contributed by atoms with van der Waals surface area (Å²) in [5.41, 5.74) is 17.5. The van der Waals surface area contributed by atoms with Crippen LogP contribution >= 0.6 is 0 Å². The minimum atomic E-state index is 1.11. The second-order valence-corrected chi connectivity index (χ2v) is 14.3. The Hall–Kier alpha value is -7.42. The number of benzene rings is 9. The van der Waals surface area contributed by atoms with E-state index in [-0.39, 0.29) is 0 Å². The molecule has 2 nitrogen and oxygen atoms in total. The minimum Gasteiger partial charge on any atom is -0.311 e. The molecule has 9 aromatic carbocycles. The Labute approximate surface area is 336 Å². The second kappa shape index (κ2) is 16.1. The lowest BCUT2D eigenvalue weighted by molar-refractivity contribution is 1.27. The van der Waals surface area contributed by atoms with Crippen LogP contribution in [-0.2, 0) is 0 Å². The molecule has 0 bridgehead atoms. The van der Waals surface area contributed by atoms with Gasteiger partial charge in [-0.15, -0.1) is 0 Å². The Bertz CT molecular complexity index is 2650. The first kappa shape index (κ1) is 35.3. The molecule has 0 spiro atoms. The van der Waals surface area contributed by atoms with Crippen LogP contribution in [0.5, 0.6) is 0 Å². The fourth-order valence-corrected chi connectivity index (χ4v) is 7.49.